The van der Waals surface area contributed by atoms with Crippen LogP contribution < -0.4 is 0 Å². The highest BCUT2D eigenvalue weighted by molar-refractivity contribution is 5.70. The van der Waals surface area contributed by atoms with Crippen LogP contribution in [-0.4, -0.2) is 61.8 Å². The maximum Gasteiger partial charge on any atom is 0.306 e. The van der Waals surface area contributed by atoms with Gasteiger partial charge in [0.05, 0.1) is 13.2 Å². The first-order valence-corrected chi connectivity index (χ1v) is 22.1. The molecule has 0 bridgehead atoms. The Hall–Kier alpha value is -2.55. The molecule has 302 valence electrons. The van der Waals surface area contributed by atoms with Gasteiger partial charge in [0.1, 0.15) is 6.10 Å². The fourth-order valence-electron chi connectivity index (χ4n) is 7.92. The van der Waals surface area contributed by atoms with Crippen molar-refractivity contribution in [1.82, 2.24) is 4.90 Å². The van der Waals surface area contributed by atoms with Crippen molar-refractivity contribution < 1.29 is 28.6 Å². The molecule has 0 aromatic rings. The second-order valence-corrected chi connectivity index (χ2v) is 15.7. The number of carbonyl (C=O) groups excluding carboxylic acids is 3. The molecule has 0 aromatic heterocycles. The van der Waals surface area contributed by atoms with E-state index in [-0.39, 0.29) is 35.8 Å². The lowest BCUT2D eigenvalue weighted by Gasteiger charge is -2.26. The Bertz CT molecular complexity index is 1060. The molecule has 2 aliphatic heterocycles. The summed E-state index contributed by atoms with van der Waals surface area (Å²) in [5, 5.41) is 0. The smallest absolute Gasteiger partial charge is 0.306 e. The quantitative estimate of drug-likeness (QED) is 0.0805. The van der Waals surface area contributed by atoms with Gasteiger partial charge < -0.3 is 19.1 Å². The molecular weight excluding hydrogens is 663 g/mol. The first-order chi connectivity index (χ1) is 26.0. The van der Waals surface area contributed by atoms with E-state index in [9.17, 15) is 14.4 Å². The number of likely N-dealkylation sites (tertiary alicyclic amines) is 1. The Labute approximate surface area is 324 Å². The molecule has 53 heavy (non-hydrogen) atoms. The summed E-state index contributed by atoms with van der Waals surface area (Å²) in [5.41, 5.74) is 10.4. The standard InChI is InChI=1S/C46H77NO6/c1-4-7-16-25-40-33-38-51-44(48)30-20-14-10-12-18-27-42(53-46(50)32-24-37-47-35-22-23-36-47)28-19-13-11-15-21-31-45(49)52-39-34-41(26-17-8-5-2)43(40)29-9-6-3/h40-42H,3-5,7-8,10-28,30-39H2,1-2H3. The number of hydrogen-bond donors (Lipinski definition) is 0. The maximum atomic E-state index is 12.8. The van der Waals surface area contributed by atoms with Crippen molar-refractivity contribution in [2.45, 2.75) is 200 Å². The van der Waals surface area contributed by atoms with E-state index in [2.05, 4.69) is 42.5 Å². The minimum Gasteiger partial charge on any atom is -0.466 e. The van der Waals surface area contributed by atoms with Crippen LogP contribution in [0.15, 0.2) is 29.3 Å². The molecule has 2 unspecified atom stereocenters. The van der Waals surface area contributed by atoms with Crippen LogP contribution in [0.1, 0.15) is 194 Å². The van der Waals surface area contributed by atoms with E-state index < -0.39 is 0 Å². The molecule has 0 aromatic carbocycles. The van der Waals surface area contributed by atoms with E-state index >= 15 is 0 Å². The third-order valence-electron chi connectivity index (χ3n) is 11.1. The average Bonchev–Trinajstić information content (AvgIpc) is 3.67. The minimum atomic E-state index is -0.117. The van der Waals surface area contributed by atoms with Gasteiger partial charge in [-0.25, -0.2) is 0 Å². The van der Waals surface area contributed by atoms with Gasteiger partial charge in [-0.3, -0.25) is 14.4 Å². The van der Waals surface area contributed by atoms with Crippen molar-refractivity contribution in [2.24, 2.45) is 11.8 Å². The van der Waals surface area contributed by atoms with E-state index in [4.69, 9.17) is 14.2 Å². The van der Waals surface area contributed by atoms with E-state index in [0.29, 0.717) is 32.5 Å². The van der Waals surface area contributed by atoms with Gasteiger partial charge in [-0.15, -0.1) is 0 Å². The number of allylic oxidation sites excluding steroid dienone is 1. The van der Waals surface area contributed by atoms with Gasteiger partial charge >= 0.3 is 17.9 Å². The Morgan fingerprint density at radius 1 is 0.698 bits per heavy atom. The molecule has 2 heterocycles. The molecule has 2 atom stereocenters. The SMILES string of the molecule is C=C=C=C=C1C(CCCCC)CCOC(=O)CCCCCCCC(OC(=O)CCCN2CCCC2)CCCCCCCC(=O)OCCC1CCCCC. The van der Waals surface area contributed by atoms with Gasteiger partial charge in [-0.2, -0.15) is 0 Å². The van der Waals surface area contributed by atoms with Gasteiger partial charge in [-0.05, 0) is 133 Å². The van der Waals surface area contributed by atoms with Gasteiger partial charge in [0, 0.05) is 19.3 Å². The molecule has 2 aliphatic rings. The summed E-state index contributed by atoms with van der Waals surface area (Å²) >= 11 is 0. The summed E-state index contributed by atoms with van der Waals surface area (Å²) in [7, 11) is 0. The third kappa shape index (κ3) is 23.8. The largest absolute Gasteiger partial charge is 0.466 e. The van der Waals surface area contributed by atoms with Gasteiger partial charge in [0.25, 0.3) is 0 Å². The predicted octanol–water partition coefficient (Wildman–Crippen LogP) is 11.5. The summed E-state index contributed by atoms with van der Waals surface area (Å²) in [6.45, 7) is 12.3. The zero-order valence-corrected chi connectivity index (χ0v) is 34.2. The number of rotatable bonds is 13. The molecule has 2 saturated heterocycles. The fourth-order valence-corrected chi connectivity index (χ4v) is 7.92. The van der Waals surface area contributed by atoms with Crippen molar-refractivity contribution >= 4 is 17.9 Å². The van der Waals surface area contributed by atoms with Crippen molar-refractivity contribution in [3.63, 3.8) is 0 Å². The summed E-state index contributed by atoms with van der Waals surface area (Å²) < 4.78 is 17.6. The van der Waals surface area contributed by atoms with E-state index in [0.717, 1.165) is 167 Å². The van der Waals surface area contributed by atoms with Gasteiger partial charge in [0.2, 0.25) is 0 Å². The van der Waals surface area contributed by atoms with Crippen LogP contribution in [0, 0.1) is 11.8 Å². The Morgan fingerprint density at radius 2 is 1.21 bits per heavy atom. The number of carbonyl (C=O) groups is 3. The first kappa shape index (κ1) is 46.6. The molecule has 7 heteroatoms. The van der Waals surface area contributed by atoms with Crippen LogP contribution in [0.3, 0.4) is 0 Å². The lowest BCUT2D eigenvalue weighted by molar-refractivity contribution is -0.150. The zero-order chi connectivity index (χ0) is 38.2. The van der Waals surface area contributed by atoms with Crippen molar-refractivity contribution in [2.75, 3.05) is 32.8 Å². The third-order valence-corrected chi connectivity index (χ3v) is 11.1. The number of nitrogens with zero attached hydrogens (tertiary/aromatic N) is 1. The normalized spacial score (nSPS) is 23.2. The van der Waals surface area contributed by atoms with Crippen molar-refractivity contribution in [3.05, 3.63) is 29.3 Å². The second-order valence-electron chi connectivity index (χ2n) is 15.7. The molecule has 0 amide bonds. The molecule has 2 rings (SSSR count). The number of cyclic esters (lactones) is 2. The molecular formula is C46H77NO6. The molecule has 0 N–H and O–H groups in total. The highest BCUT2D eigenvalue weighted by Gasteiger charge is 2.24. The van der Waals surface area contributed by atoms with Crippen LogP contribution in [-0.2, 0) is 28.6 Å². The Balaban J connectivity index is 2.02. The summed E-state index contributed by atoms with van der Waals surface area (Å²) in [6.07, 6.45) is 27.0. The molecule has 0 saturated carbocycles. The summed E-state index contributed by atoms with van der Waals surface area (Å²) in [5.74, 6) is 0.147. The van der Waals surface area contributed by atoms with Crippen LogP contribution in [0.25, 0.3) is 0 Å². The van der Waals surface area contributed by atoms with E-state index in [1.54, 1.807) is 0 Å². The Kier molecular flexibility index (Phi) is 27.9. The van der Waals surface area contributed by atoms with E-state index in [1.165, 1.54) is 18.4 Å². The monoisotopic (exact) mass is 740 g/mol. The van der Waals surface area contributed by atoms with Crippen molar-refractivity contribution in [3.8, 4) is 0 Å². The molecule has 0 radical (unpaired) electrons. The fraction of sp³-hybridized carbons (Fsp3) is 0.826. The minimum absolute atomic E-state index is 0.0203. The molecule has 0 aliphatic carbocycles. The average molecular weight is 740 g/mol. The summed E-state index contributed by atoms with van der Waals surface area (Å²) in [6, 6.07) is 0. The number of esters is 3. The molecule has 2 fully saturated rings. The number of hydrogen-bond acceptors (Lipinski definition) is 7. The highest BCUT2D eigenvalue weighted by atomic mass is 16.5. The molecule has 0 spiro atoms. The first-order valence-electron chi connectivity index (χ1n) is 22.1. The lowest BCUT2D eigenvalue weighted by Crippen LogP contribution is -2.23. The van der Waals surface area contributed by atoms with Crippen LogP contribution in [0.4, 0.5) is 0 Å². The molecule has 7 nitrogen and oxygen atoms in total. The Morgan fingerprint density at radius 3 is 1.72 bits per heavy atom. The summed E-state index contributed by atoms with van der Waals surface area (Å²) in [4.78, 5) is 40.7. The van der Waals surface area contributed by atoms with Crippen molar-refractivity contribution in [1.29, 1.82) is 0 Å². The highest BCUT2D eigenvalue weighted by Crippen LogP contribution is 2.33. The van der Waals surface area contributed by atoms with Crippen LogP contribution in [0.5, 0.6) is 0 Å². The van der Waals surface area contributed by atoms with E-state index in [1.807, 2.05) is 0 Å². The topological polar surface area (TPSA) is 82.1 Å². The maximum absolute atomic E-state index is 12.8. The zero-order valence-electron chi connectivity index (χ0n) is 34.2. The second kappa shape index (κ2) is 31.8. The lowest BCUT2D eigenvalue weighted by atomic mass is 9.79. The van der Waals surface area contributed by atoms with Crippen LogP contribution >= 0.6 is 0 Å². The van der Waals surface area contributed by atoms with Gasteiger partial charge in [0.15, 0.2) is 0 Å². The predicted molar refractivity (Wildman–Crippen MR) is 216 cm³/mol. The number of unbranched alkanes of at least 4 members (excludes halogenated alkanes) is 4. The van der Waals surface area contributed by atoms with Gasteiger partial charge in [-0.1, -0.05) is 102 Å². The number of ether oxygens (including phenoxy) is 3. The van der Waals surface area contributed by atoms with Crippen LogP contribution in [0.2, 0.25) is 0 Å².